The van der Waals surface area contributed by atoms with Gasteiger partial charge in [-0.25, -0.2) is 4.98 Å². The molecule has 0 spiro atoms. The Morgan fingerprint density at radius 2 is 2.20 bits per heavy atom. The van der Waals surface area contributed by atoms with E-state index in [-0.39, 0.29) is 6.04 Å². The summed E-state index contributed by atoms with van der Waals surface area (Å²) in [5, 5.41) is 3.38. The van der Waals surface area contributed by atoms with Crippen molar-refractivity contribution in [2.45, 2.75) is 33.4 Å². The van der Waals surface area contributed by atoms with Crippen LogP contribution in [0.5, 0.6) is 0 Å². The second-order valence-corrected chi connectivity index (χ2v) is 5.14. The lowest BCUT2D eigenvalue weighted by Crippen LogP contribution is -2.23. The van der Waals surface area contributed by atoms with E-state index in [1.54, 1.807) is 7.11 Å². The Hall–Kier alpha value is -1.88. The molecule has 2 heterocycles. The number of nitrogens with zero attached hydrogens (tertiary/aromatic N) is 3. The number of hydrogen-bond donors (Lipinski definition) is 1. The zero-order chi connectivity index (χ0) is 14.5. The van der Waals surface area contributed by atoms with Gasteiger partial charge in [0.2, 0.25) is 5.95 Å². The normalized spacial score (nSPS) is 12.4. The van der Waals surface area contributed by atoms with E-state index in [0.29, 0.717) is 6.61 Å². The molecule has 2 aromatic heterocycles. The molecule has 108 valence electrons. The van der Waals surface area contributed by atoms with Crippen molar-refractivity contribution in [1.82, 2.24) is 14.5 Å². The summed E-state index contributed by atoms with van der Waals surface area (Å²) < 4.78 is 7.27. The highest BCUT2D eigenvalue weighted by Crippen LogP contribution is 2.14. The Labute approximate surface area is 120 Å². The predicted octanol–water partition coefficient (Wildman–Crippen LogP) is 2.39. The number of rotatable bonds is 6. The molecule has 0 aliphatic heterocycles. The van der Waals surface area contributed by atoms with E-state index in [2.05, 4.69) is 33.7 Å². The Balaban J connectivity index is 2.17. The molecule has 0 radical (unpaired) electrons. The van der Waals surface area contributed by atoms with Crippen LogP contribution in [0.15, 0.2) is 24.7 Å². The van der Waals surface area contributed by atoms with Crippen LogP contribution >= 0.6 is 0 Å². The van der Waals surface area contributed by atoms with E-state index in [4.69, 9.17) is 4.74 Å². The average Bonchev–Trinajstić information content (AvgIpc) is 2.72. The fraction of sp³-hybridized carbons (Fsp3) is 0.467. The van der Waals surface area contributed by atoms with Crippen molar-refractivity contribution < 1.29 is 4.74 Å². The van der Waals surface area contributed by atoms with Gasteiger partial charge in [0.15, 0.2) is 0 Å². The Morgan fingerprint density at radius 3 is 2.90 bits per heavy atom. The number of imidazole rings is 1. The van der Waals surface area contributed by atoms with Gasteiger partial charge in [0.25, 0.3) is 0 Å². The second-order valence-electron chi connectivity index (χ2n) is 5.14. The first kappa shape index (κ1) is 14.5. The third-order valence-electron chi connectivity index (χ3n) is 3.18. The number of methoxy groups -OCH3 is 1. The standard InChI is InChI=1S/C15H22N4O/c1-11-5-6-16-7-14(11)9-19-8-12(2)17-15(19)18-13(3)10-20-4/h5-8,13H,9-10H2,1-4H3,(H,17,18). The SMILES string of the molecule is COCC(C)Nc1nc(C)cn1Cc1cnccc1C. The average molecular weight is 274 g/mol. The molecule has 2 rings (SSSR count). The zero-order valence-electron chi connectivity index (χ0n) is 12.6. The number of anilines is 1. The number of aromatic nitrogens is 3. The minimum absolute atomic E-state index is 0.218. The van der Waals surface area contributed by atoms with Gasteiger partial charge >= 0.3 is 0 Å². The van der Waals surface area contributed by atoms with Crippen molar-refractivity contribution in [2.24, 2.45) is 0 Å². The molecule has 20 heavy (non-hydrogen) atoms. The largest absolute Gasteiger partial charge is 0.383 e. The van der Waals surface area contributed by atoms with E-state index < -0.39 is 0 Å². The van der Waals surface area contributed by atoms with E-state index in [9.17, 15) is 0 Å². The quantitative estimate of drug-likeness (QED) is 0.878. The molecule has 2 aromatic rings. The fourth-order valence-electron chi connectivity index (χ4n) is 2.14. The van der Waals surface area contributed by atoms with Crippen LogP contribution in [0.3, 0.4) is 0 Å². The number of hydrogen-bond acceptors (Lipinski definition) is 4. The molecule has 0 saturated carbocycles. The van der Waals surface area contributed by atoms with Crippen LogP contribution in [0, 0.1) is 13.8 Å². The lowest BCUT2D eigenvalue weighted by Gasteiger charge is -2.15. The molecule has 0 aliphatic rings. The summed E-state index contributed by atoms with van der Waals surface area (Å²) in [4.78, 5) is 8.73. The van der Waals surface area contributed by atoms with Crippen LogP contribution < -0.4 is 5.32 Å². The molecule has 1 unspecified atom stereocenters. The van der Waals surface area contributed by atoms with Crippen LogP contribution in [0.25, 0.3) is 0 Å². The summed E-state index contributed by atoms with van der Waals surface area (Å²) in [6.07, 6.45) is 5.78. The van der Waals surface area contributed by atoms with Gasteiger partial charge in [0, 0.05) is 31.7 Å². The van der Waals surface area contributed by atoms with Gasteiger partial charge in [-0.15, -0.1) is 0 Å². The van der Waals surface area contributed by atoms with Crippen LogP contribution in [-0.4, -0.2) is 34.3 Å². The van der Waals surface area contributed by atoms with E-state index >= 15 is 0 Å². The van der Waals surface area contributed by atoms with E-state index in [1.165, 1.54) is 11.1 Å². The summed E-state index contributed by atoms with van der Waals surface area (Å²) in [6, 6.07) is 2.25. The van der Waals surface area contributed by atoms with Gasteiger partial charge in [-0.1, -0.05) is 0 Å². The lowest BCUT2D eigenvalue weighted by atomic mass is 10.1. The van der Waals surface area contributed by atoms with Crippen molar-refractivity contribution in [3.8, 4) is 0 Å². The zero-order valence-corrected chi connectivity index (χ0v) is 12.6. The van der Waals surface area contributed by atoms with Crippen molar-refractivity contribution in [1.29, 1.82) is 0 Å². The monoisotopic (exact) mass is 274 g/mol. The molecule has 0 aliphatic carbocycles. The molecule has 1 atom stereocenters. The van der Waals surface area contributed by atoms with Crippen molar-refractivity contribution >= 4 is 5.95 Å². The summed E-state index contributed by atoms with van der Waals surface area (Å²) in [5.41, 5.74) is 3.44. The maximum absolute atomic E-state index is 5.15. The van der Waals surface area contributed by atoms with Gasteiger partial charge in [-0.3, -0.25) is 4.98 Å². The van der Waals surface area contributed by atoms with Gasteiger partial charge in [0.1, 0.15) is 0 Å². The number of ether oxygens (including phenoxy) is 1. The molecule has 1 N–H and O–H groups in total. The number of nitrogens with one attached hydrogen (secondary N) is 1. The Bertz CT molecular complexity index is 565. The fourth-order valence-corrected chi connectivity index (χ4v) is 2.14. The van der Waals surface area contributed by atoms with Crippen LogP contribution in [0.2, 0.25) is 0 Å². The molecular formula is C15H22N4O. The molecule has 0 amide bonds. The highest BCUT2D eigenvalue weighted by molar-refractivity contribution is 5.32. The van der Waals surface area contributed by atoms with Crippen LogP contribution in [0.1, 0.15) is 23.7 Å². The van der Waals surface area contributed by atoms with Gasteiger partial charge in [0.05, 0.1) is 18.8 Å². The maximum Gasteiger partial charge on any atom is 0.203 e. The molecule has 0 fully saturated rings. The Morgan fingerprint density at radius 1 is 1.40 bits per heavy atom. The topological polar surface area (TPSA) is 52.0 Å². The van der Waals surface area contributed by atoms with Crippen molar-refractivity contribution in [3.05, 3.63) is 41.5 Å². The highest BCUT2D eigenvalue weighted by Gasteiger charge is 2.10. The summed E-state index contributed by atoms with van der Waals surface area (Å²) in [6.45, 7) is 7.59. The number of pyridine rings is 1. The van der Waals surface area contributed by atoms with Crippen molar-refractivity contribution in [2.75, 3.05) is 19.0 Å². The molecule has 0 bridgehead atoms. The van der Waals surface area contributed by atoms with E-state index in [1.807, 2.05) is 31.6 Å². The third-order valence-corrected chi connectivity index (χ3v) is 3.18. The number of aryl methyl sites for hydroxylation is 2. The summed E-state index contributed by atoms with van der Waals surface area (Å²) in [7, 11) is 1.70. The summed E-state index contributed by atoms with van der Waals surface area (Å²) >= 11 is 0. The van der Waals surface area contributed by atoms with Gasteiger partial charge < -0.3 is 14.6 Å². The minimum atomic E-state index is 0.218. The first-order valence-electron chi connectivity index (χ1n) is 6.79. The summed E-state index contributed by atoms with van der Waals surface area (Å²) in [5.74, 6) is 0.871. The van der Waals surface area contributed by atoms with E-state index in [0.717, 1.165) is 18.2 Å². The lowest BCUT2D eigenvalue weighted by molar-refractivity contribution is 0.190. The smallest absolute Gasteiger partial charge is 0.203 e. The minimum Gasteiger partial charge on any atom is -0.383 e. The van der Waals surface area contributed by atoms with Crippen molar-refractivity contribution in [3.63, 3.8) is 0 Å². The highest BCUT2D eigenvalue weighted by atomic mass is 16.5. The molecule has 0 aromatic carbocycles. The maximum atomic E-state index is 5.15. The second kappa shape index (κ2) is 6.52. The van der Waals surface area contributed by atoms with Gasteiger partial charge in [-0.2, -0.15) is 0 Å². The third kappa shape index (κ3) is 3.57. The van der Waals surface area contributed by atoms with Crippen LogP contribution in [-0.2, 0) is 11.3 Å². The first-order valence-corrected chi connectivity index (χ1v) is 6.79. The Kier molecular flexibility index (Phi) is 4.74. The molecule has 0 saturated heterocycles. The first-order chi connectivity index (χ1) is 9.60. The van der Waals surface area contributed by atoms with Gasteiger partial charge in [-0.05, 0) is 38.0 Å². The van der Waals surface area contributed by atoms with Crippen LogP contribution in [0.4, 0.5) is 5.95 Å². The molecule has 5 nitrogen and oxygen atoms in total. The molecule has 5 heteroatoms. The molecular weight excluding hydrogens is 252 g/mol. The predicted molar refractivity (Wildman–Crippen MR) is 80.0 cm³/mol.